The summed E-state index contributed by atoms with van der Waals surface area (Å²) in [5.74, 6) is -0.112. The van der Waals surface area contributed by atoms with Gasteiger partial charge >= 0.3 is 7.62 Å². The van der Waals surface area contributed by atoms with Crippen LogP contribution in [0.2, 0.25) is 0 Å². The highest BCUT2D eigenvalue weighted by molar-refractivity contribution is 6.32. The van der Waals surface area contributed by atoms with Crippen molar-refractivity contribution >= 4 is 52.4 Å². The SMILES string of the molecule is COBNc1cc(NC(=O)C2CCN(C(=O)c3ccc4ccccc4c3)CC2)c2ccccc2c1. The van der Waals surface area contributed by atoms with Gasteiger partial charge < -0.3 is 20.1 Å². The van der Waals surface area contributed by atoms with E-state index in [2.05, 4.69) is 10.5 Å². The van der Waals surface area contributed by atoms with Gasteiger partial charge in [0.25, 0.3) is 5.91 Å². The number of rotatable bonds is 6. The van der Waals surface area contributed by atoms with Crippen LogP contribution in [0.15, 0.2) is 78.9 Å². The van der Waals surface area contributed by atoms with Crippen LogP contribution in [-0.2, 0) is 9.45 Å². The molecule has 35 heavy (non-hydrogen) atoms. The van der Waals surface area contributed by atoms with Gasteiger partial charge in [-0.15, -0.1) is 0 Å². The minimum absolute atomic E-state index is 0.00292. The first-order chi connectivity index (χ1) is 17.1. The Morgan fingerprint density at radius 1 is 0.886 bits per heavy atom. The summed E-state index contributed by atoms with van der Waals surface area (Å²) in [5.41, 5.74) is 2.36. The second kappa shape index (κ2) is 10.2. The first kappa shape index (κ1) is 22.9. The lowest BCUT2D eigenvalue weighted by Gasteiger charge is -2.31. The number of carbonyl (C=O) groups is 2. The normalized spacial score (nSPS) is 14.1. The van der Waals surface area contributed by atoms with E-state index in [0.717, 1.165) is 32.9 Å². The topological polar surface area (TPSA) is 70.7 Å². The van der Waals surface area contributed by atoms with Gasteiger partial charge in [-0.2, -0.15) is 0 Å². The highest BCUT2D eigenvalue weighted by atomic mass is 16.4. The summed E-state index contributed by atoms with van der Waals surface area (Å²) in [4.78, 5) is 28.1. The molecule has 2 N–H and O–H groups in total. The fraction of sp³-hybridized carbons (Fsp3) is 0.214. The summed E-state index contributed by atoms with van der Waals surface area (Å²) in [6.45, 7) is 1.14. The Hall–Kier alpha value is -3.84. The van der Waals surface area contributed by atoms with Crippen molar-refractivity contribution in [1.29, 1.82) is 0 Å². The van der Waals surface area contributed by atoms with E-state index in [1.807, 2.05) is 83.8 Å². The average molecular weight is 465 g/mol. The molecule has 2 amide bonds. The van der Waals surface area contributed by atoms with Crippen LogP contribution < -0.4 is 10.5 Å². The van der Waals surface area contributed by atoms with E-state index in [9.17, 15) is 9.59 Å². The minimum atomic E-state index is -0.134. The molecule has 4 aromatic rings. The number of benzene rings is 4. The summed E-state index contributed by atoms with van der Waals surface area (Å²) >= 11 is 0. The van der Waals surface area contributed by atoms with Crippen LogP contribution in [-0.4, -0.2) is 44.5 Å². The zero-order valence-corrected chi connectivity index (χ0v) is 19.8. The Balaban J connectivity index is 1.25. The number of amides is 2. The summed E-state index contributed by atoms with van der Waals surface area (Å²) < 4.78 is 5.13. The van der Waals surface area contributed by atoms with Gasteiger partial charge in [0, 0.05) is 42.8 Å². The van der Waals surface area contributed by atoms with Crippen molar-refractivity contribution in [1.82, 2.24) is 4.90 Å². The zero-order valence-electron chi connectivity index (χ0n) is 19.8. The third-order valence-electron chi connectivity index (χ3n) is 6.69. The van der Waals surface area contributed by atoms with Crippen LogP contribution in [0.1, 0.15) is 23.2 Å². The maximum atomic E-state index is 13.2. The minimum Gasteiger partial charge on any atom is -0.422 e. The van der Waals surface area contributed by atoms with Crippen molar-refractivity contribution in [2.75, 3.05) is 30.7 Å². The molecule has 0 aromatic heterocycles. The van der Waals surface area contributed by atoms with Gasteiger partial charge in [0.1, 0.15) is 0 Å². The van der Waals surface area contributed by atoms with E-state index in [4.69, 9.17) is 4.65 Å². The predicted molar refractivity (Wildman–Crippen MR) is 143 cm³/mol. The third-order valence-corrected chi connectivity index (χ3v) is 6.69. The molecule has 0 saturated carbocycles. The van der Waals surface area contributed by atoms with Gasteiger partial charge in [-0.25, -0.2) is 0 Å². The average Bonchev–Trinajstić information content (AvgIpc) is 2.91. The van der Waals surface area contributed by atoms with E-state index >= 15 is 0 Å². The molecule has 1 aliphatic heterocycles. The van der Waals surface area contributed by atoms with Gasteiger partial charge in [-0.05, 0) is 53.3 Å². The number of nitrogens with one attached hydrogen (secondary N) is 2. The first-order valence-corrected chi connectivity index (χ1v) is 12.0. The van der Waals surface area contributed by atoms with Crippen LogP contribution in [0, 0.1) is 5.92 Å². The Morgan fingerprint density at radius 2 is 1.60 bits per heavy atom. The molecule has 6 nitrogen and oxygen atoms in total. The van der Waals surface area contributed by atoms with Crippen molar-refractivity contribution in [3.63, 3.8) is 0 Å². The third kappa shape index (κ3) is 5.00. The van der Waals surface area contributed by atoms with Crippen LogP contribution in [0.4, 0.5) is 11.4 Å². The van der Waals surface area contributed by atoms with Crippen LogP contribution >= 0.6 is 0 Å². The fourth-order valence-corrected chi connectivity index (χ4v) is 4.76. The van der Waals surface area contributed by atoms with Gasteiger partial charge in [0.15, 0.2) is 0 Å². The Bertz CT molecular complexity index is 1380. The Kier molecular flexibility index (Phi) is 6.68. The van der Waals surface area contributed by atoms with Crippen molar-refractivity contribution in [3.05, 3.63) is 84.4 Å². The second-order valence-electron chi connectivity index (χ2n) is 8.97. The van der Waals surface area contributed by atoms with Crippen LogP contribution in [0.25, 0.3) is 21.5 Å². The standard InChI is InChI=1S/C28H28BN3O3/c1-35-29-31-24-17-22-8-4-5-9-25(22)26(18-24)30-27(33)20-12-14-32(15-13-20)28(34)23-11-10-19-6-2-3-7-21(19)16-23/h2-11,16-18,20,29,31H,12-15H2,1H3,(H,30,33). The molecule has 0 spiro atoms. The van der Waals surface area contributed by atoms with Crippen molar-refractivity contribution in [2.45, 2.75) is 12.8 Å². The lowest BCUT2D eigenvalue weighted by atomic mass is 9.94. The highest BCUT2D eigenvalue weighted by Gasteiger charge is 2.28. The molecule has 0 bridgehead atoms. The molecule has 7 heteroatoms. The molecule has 1 saturated heterocycles. The van der Waals surface area contributed by atoms with E-state index < -0.39 is 0 Å². The molecule has 0 atom stereocenters. The van der Waals surface area contributed by atoms with Crippen molar-refractivity contribution < 1.29 is 14.2 Å². The summed E-state index contributed by atoms with van der Waals surface area (Å²) in [6.07, 6.45) is 1.29. The number of piperidine rings is 1. The number of likely N-dealkylation sites (tertiary alicyclic amines) is 1. The van der Waals surface area contributed by atoms with Crippen LogP contribution in [0.5, 0.6) is 0 Å². The molecule has 0 aliphatic carbocycles. The predicted octanol–water partition coefficient (Wildman–Crippen LogP) is 4.81. The van der Waals surface area contributed by atoms with E-state index in [1.165, 1.54) is 0 Å². The highest BCUT2D eigenvalue weighted by Crippen LogP contribution is 2.30. The summed E-state index contributed by atoms with van der Waals surface area (Å²) in [7, 11) is 2.02. The first-order valence-electron chi connectivity index (χ1n) is 12.0. The molecule has 4 aromatic carbocycles. The van der Waals surface area contributed by atoms with Crippen LogP contribution in [0.3, 0.4) is 0 Å². The molecule has 0 unspecified atom stereocenters. The van der Waals surface area contributed by atoms with E-state index in [1.54, 1.807) is 7.11 Å². The fourth-order valence-electron chi connectivity index (χ4n) is 4.76. The lowest BCUT2D eigenvalue weighted by Crippen LogP contribution is -2.41. The number of hydrogen-bond acceptors (Lipinski definition) is 4. The molecular formula is C28H28BN3O3. The van der Waals surface area contributed by atoms with Gasteiger partial charge in [-0.3, -0.25) is 9.59 Å². The maximum Gasteiger partial charge on any atom is 0.393 e. The van der Waals surface area contributed by atoms with E-state index in [-0.39, 0.29) is 17.7 Å². The second-order valence-corrected chi connectivity index (χ2v) is 8.97. The molecule has 5 rings (SSSR count). The molecular weight excluding hydrogens is 437 g/mol. The monoisotopic (exact) mass is 465 g/mol. The Morgan fingerprint density at radius 3 is 2.37 bits per heavy atom. The summed E-state index contributed by atoms with van der Waals surface area (Å²) in [5, 5.41) is 10.6. The molecule has 1 heterocycles. The largest absolute Gasteiger partial charge is 0.422 e. The molecule has 176 valence electrons. The molecule has 0 radical (unpaired) electrons. The zero-order chi connectivity index (χ0) is 24.2. The lowest BCUT2D eigenvalue weighted by molar-refractivity contribution is -0.121. The number of carbonyl (C=O) groups excluding carboxylic acids is 2. The van der Waals surface area contributed by atoms with Crippen molar-refractivity contribution in [3.8, 4) is 0 Å². The number of anilines is 2. The number of nitrogens with zero attached hydrogens (tertiary/aromatic N) is 1. The van der Waals surface area contributed by atoms with Gasteiger partial charge in [0.05, 0.1) is 5.69 Å². The Labute approximate surface area is 205 Å². The maximum absolute atomic E-state index is 13.2. The molecule has 1 aliphatic rings. The smallest absolute Gasteiger partial charge is 0.393 e. The van der Waals surface area contributed by atoms with Gasteiger partial charge in [0.2, 0.25) is 5.91 Å². The summed E-state index contributed by atoms with van der Waals surface area (Å²) in [6, 6.07) is 25.8. The quantitative estimate of drug-likeness (QED) is 0.401. The van der Waals surface area contributed by atoms with Crippen molar-refractivity contribution in [2.24, 2.45) is 5.92 Å². The number of hydrogen-bond donors (Lipinski definition) is 2. The number of fused-ring (bicyclic) bond motifs is 2. The van der Waals surface area contributed by atoms with E-state index in [0.29, 0.717) is 39.1 Å². The molecule has 1 fully saturated rings. The van der Waals surface area contributed by atoms with Gasteiger partial charge in [-0.1, -0.05) is 54.6 Å².